The number of benzene rings is 6. The highest BCUT2D eigenvalue weighted by atomic mass is 127. The summed E-state index contributed by atoms with van der Waals surface area (Å²) in [6, 6.07) is 48.7. The summed E-state index contributed by atoms with van der Waals surface area (Å²) in [7, 11) is 3.40. The van der Waals surface area contributed by atoms with Gasteiger partial charge in [0.05, 0.1) is 33.8 Å². The van der Waals surface area contributed by atoms with Crippen molar-refractivity contribution in [2.45, 2.75) is 16.7 Å². The number of fused-ring (bicyclic) bond motifs is 3. The van der Waals surface area contributed by atoms with Crippen molar-refractivity contribution in [3.63, 3.8) is 0 Å². The topological polar surface area (TPSA) is 55.1 Å². The molecule has 0 amide bonds. The van der Waals surface area contributed by atoms with Gasteiger partial charge < -0.3 is 5.32 Å². The van der Waals surface area contributed by atoms with Crippen molar-refractivity contribution in [1.82, 2.24) is 14.5 Å². The maximum absolute atomic E-state index is 5.26. The minimum absolute atomic E-state index is 0.596. The summed E-state index contributed by atoms with van der Waals surface area (Å²) in [6.45, 7) is 6.11. The second-order valence-electron chi connectivity index (χ2n) is 12.0. The van der Waals surface area contributed by atoms with Gasteiger partial charge in [-0.2, -0.15) is 0 Å². The van der Waals surface area contributed by atoms with Crippen LogP contribution in [0.5, 0.6) is 0 Å². The number of anilines is 2. The molecular formula is C42H29I2N5S2. The van der Waals surface area contributed by atoms with E-state index >= 15 is 0 Å². The molecule has 0 atom stereocenters. The molecule has 6 aromatic carbocycles. The van der Waals surface area contributed by atoms with Crippen LogP contribution < -0.4 is 5.32 Å². The maximum atomic E-state index is 5.26. The van der Waals surface area contributed by atoms with Crippen molar-refractivity contribution in [2.75, 3.05) is 5.32 Å². The minimum atomic E-state index is 0.596. The fourth-order valence-corrected chi connectivity index (χ4v) is 8.72. The Morgan fingerprint density at radius 2 is 1.20 bits per heavy atom. The Labute approximate surface area is 329 Å². The predicted octanol–water partition coefficient (Wildman–Crippen LogP) is 13.8. The van der Waals surface area contributed by atoms with Gasteiger partial charge in [-0.15, -0.1) is 0 Å². The van der Waals surface area contributed by atoms with Crippen LogP contribution in [0, 0.1) is 6.92 Å². The molecule has 0 aliphatic carbocycles. The highest BCUT2D eigenvalue weighted by molar-refractivity contribution is 14.2. The molecule has 0 aliphatic heterocycles. The lowest BCUT2D eigenvalue weighted by atomic mass is 9.99. The third kappa shape index (κ3) is 6.68. The molecule has 248 valence electrons. The first kappa shape index (κ1) is 33.9. The number of para-hydroxylation sites is 2. The molecule has 51 heavy (non-hydrogen) atoms. The van der Waals surface area contributed by atoms with E-state index in [4.69, 9.17) is 9.97 Å². The SMILES string of the molecule is C=Nc1cc2c3ccccc3n(-c3nc(-c4ccc(SI)cc4)cc(-c4ccc(SI)cc4)n3)c2cc1Nc1ccccc1-c1ccccc1C. The minimum Gasteiger partial charge on any atom is -0.353 e. The molecule has 0 saturated heterocycles. The molecular weight excluding hydrogens is 892 g/mol. The number of rotatable bonds is 9. The Hall–Kier alpha value is -4.17. The smallest absolute Gasteiger partial charge is 0.235 e. The maximum Gasteiger partial charge on any atom is 0.235 e. The van der Waals surface area contributed by atoms with Gasteiger partial charge in [-0.25, -0.2) is 9.97 Å². The Balaban J connectivity index is 1.35. The second kappa shape index (κ2) is 14.8. The number of aromatic nitrogens is 3. The van der Waals surface area contributed by atoms with Crippen LogP contribution in [0.15, 0.2) is 154 Å². The molecule has 0 radical (unpaired) electrons. The summed E-state index contributed by atoms with van der Waals surface area (Å²) in [5.74, 6) is 0.596. The Morgan fingerprint density at radius 3 is 1.82 bits per heavy atom. The molecule has 0 bridgehead atoms. The number of hydrogen-bond acceptors (Lipinski definition) is 6. The quantitative estimate of drug-likeness (QED) is 0.115. The Bertz CT molecular complexity index is 2500. The number of aliphatic imine (C=N–C) groups is 1. The van der Waals surface area contributed by atoms with Crippen molar-refractivity contribution in [1.29, 1.82) is 0 Å². The predicted molar refractivity (Wildman–Crippen MR) is 236 cm³/mol. The van der Waals surface area contributed by atoms with Crippen LogP contribution in [0.2, 0.25) is 0 Å². The van der Waals surface area contributed by atoms with Gasteiger partial charge in [0.2, 0.25) is 5.95 Å². The Kier molecular flexibility index (Phi) is 9.87. The van der Waals surface area contributed by atoms with E-state index in [1.807, 2.05) is 0 Å². The van der Waals surface area contributed by atoms with E-state index in [1.54, 1.807) is 17.9 Å². The monoisotopic (exact) mass is 921 g/mol. The summed E-state index contributed by atoms with van der Waals surface area (Å²) in [5.41, 5.74) is 11.9. The first-order valence-corrected chi connectivity index (χ1v) is 22.9. The molecule has 0 saturated carbocycles. The van der Waals surface area contributed by atoms with Crippen molar-refractivity contribution in [3.8, 4) is 39.6 Å². The van der Waals surface area contributed by atoms with Gasteiger partial charge in [-0.05, 0) is 79.4 Å². The zero-order valence-electron chi connectivity index (χ0n) is 27.3. The zero-order valence-corrected chi connectivity index (χ0v) is 33.3. The largest absolute Gasteiger partial charge is 0.353 e. The lowest BCUT2D eigenvalue weighted by Gasteiger charge is -2.16. The van der Waals surface area contributed by atoms with Crippen LogP contribution in [0.25, 0.3) is 61.4 Å². The van der Waals surface area contributed by atoms with E-state index in [9.17, 15) is 0 Å². The van der Waals surface area contributed by atoms with Gasteiger partial charge in [0.1, 0.15) is 0 Å². The summed E-state index contributed by atoms with van der Waals surface area (Å²) in [5, 5.41) is 5.87. The van der Waals surface area contributed by atoms with Gasteiger partial charge in [0.25, 0.3) is 0 Å². The summed E-state index contributed by atoms with van der Waals surface area (Å²) < 4.78 is 2.17. The van der Waals surface area contributed by atoms with Crippen molar-refractivity contribution < 1.29 is 0 Å². The van der Waals surface area contributed by atoms with Gasteiger partial charge in [-0.3, -0.25) is 9.56 Å². The molecule has 0 spiro atoms. The van der Waals surface area contributed by atoms with E-state index in [1.165, 1.54) is 20.9 Å². The number of nitrogens with zero attached hydrogens (tertiary/aromatic N) is 4. The van der Waals surface area contributed by atoms with E-state index in [0.717, 1.165) is 66.9 Å². The third-order valence-corrected chi connectivity index (χ3v) is 12.9. The number of nitrogens with one attached hydrogen (secondary N) is 1. The lowest BCUT2D eigenvalue weighted by molar-refractivity contribution is 0.995. The van der Waals surface area contributed by atoms with Crippen molar-refractivity contribution in [2.24, 2.45) is 4.99 Å². The fraction of sp³-hybridized carbons (Fsp3) is 0.0238. The number of hydrogen-bond donors (Lipinski definition) is 1. The van der Waals surface area contributed by atoms with Gasteiger partial charge in [0, 0.05) is 85.4 Å². The normalized spacial score (nSPS) is 11.3. The molecule has 5 nitrogen and oxygen atoms in total. The first-order chi connectivity index (χ1) is 25.0. The second-order valence-corrected chi connectivity index (χ2v) is 15.9. The van der Waals surface area contributed by atoms with Crippen molar-refractivity contribution >= 4 is 106 Å². The van der Waals surface area contributed by atoms with E-state index in [2.05, 4.69) is 210 Å². The molecule has 9 heteroatoms. The first-order valence-electron chi connectivity index (χ1n) is 16.2. The molecule has 2 heterocycles. The fourth-order valence-electron chi connectivity index (χ4n) is 6.48. The van der Waals surface area contributed by atoms with E-state index in [0.29, 0.717) is 5.95 Å². The van der Waals surface area contributed by atoms with Crippen LogP contribution >= 0.6 is 60.3 Å². The van der Waals surface area contributed by atoms with Crippen LogP contribution in [0.3, 0.4) is 0 Å². The molecule has 8 aromatic rings. The van der Waals surface area contributed by atoms with E-state index < -0.39 is 0 Å². The molecule has 0 aliphatic rings. The molecule has 0 unspecified atom stereocenters. The van der Waals surface area contributed by atoms with Crippen LogP contribution in [0.1, 0.15) is 5.56 Å². The average molecular weight is 922 g/mol. The highest BCUT2D eigenvalue weighted by Crippen LogP contribution is 2.41. The number of aryl methyl sites for hydroxylation is 1. The standard InChI is InChI=1S/C42H29I2N5S2/c1-26-9-3-4-10-31(26)32-11-5-7-13-35(32)46-39-25-41-34(23-38(39)45-2)33-12-6-8-14-40(33)49(41)42-47-36(27-15-19-29(50-43)20-16-27)24-37(48-42)28-17-21-30(51-44)22-18-28/h3-25,46H,2H2,1H3. The highest BCUT2D eigenvalue weighted by Gasteiger charge is 2.20. The van der Waals surface area contributed by atoms with Crippen molar-refractivity contribution in [3.05, 3.63) is 145 Å². The zero-order chi connectivity index (χ0) is 34.9. The summed E-state index contributed by atoms with van der Waals surface area (Å²) in [6.07, 6.45) is 0. The third-order valence-electron chi connectivity index (χ3n) is 8.98. The van der Waals surface area contributed by atoms with Crippen LogP contribution in [-0.4, -0.2) is 21.3 Å². The van der Waals surface area contributed by atoms with Gasteiger partial charge in [0.15, 0.2) is 0 Å². The van der Waals surface area contributed by atoms with Crippen LogP contribution in [-0.2, 0) is 0 Å². The molecule has 1 N–H and O–H groups in total. The van der Waals surface area contributed by atoms with Gasteiger partial charge in [-0.1, -0.05) is 103 Å². The molecule has 8 rings (SSSR count). The van der Waals surface area contributed by atoms with E-state index in [-0.39, 0.29) is 0 Å². The Morgan fingerprint density at radius 1 is 0.608 bits per heavy atom. The molecule has 0 fully saturated rings. The summed E-state index contributed by atoms with van der Waals surface area (Å²) >= 11 is 4.63. The van der Waals surface area contributed by atoms with Crippen LogP contribution in [0.4, 0.5) is 17.1 Å². The number of halogens is 2. The average Bonchev–Trinajstić information content (AvgIpc) is 3.51. The lowest BCUT2D eigenvalue weighted by Crippen LogP contribution is -2.04. The summed E-state index contributed by atoms with van der Waals surface area (Å²) in [4.78, 5) is 17.4. The molecule has 2 aromatic heterocycles. The van der Waals surface area contributed by atoms with Gasteiger partial charge >= 0.3 is 0 Å².